The maximum Gasteiger partial charge on any atom is 0.196 e. The first-order valence-corrected chi connectivity index (χ1v) is 12.3. The second-order valence-electron chi connectivity index (χ2n) is 9.23. The minimum atomic E-state index is 0.625. The summed E-state index contributed by atoms with van der Waals surface area (Å²) < 4.78 is 16.6. The molecular formula is C30H28N4O2+2. The molecule has 0 radical (unpaired) electrons. The van der Waals surface area contributed by atoms with Gasteiger partial charge in [0, 0.05) is 48.2 Å². The Morgan fingerprint density at radius 1 is 0.583 bits per heavy atom. The number of aromatic nitrogens is 4. The fourth-order valence-electron chi connectivity index (χ4n) is 4.66. The molecule has 36 heavy (non-hydrogen) atoms. The van der Waals surface area contributed by atoms with Crippen molar-refractivity contribution in [2.75, 3.05) is 0 Å². The van der Waals surface area contributed by atoms with Crippen molar-refractivity contribution in [3.63, 3.8) is 0 Å². The van der Waals surface area contributed by atoms with Crippen LogP contribution in [0.5, 0.6) is 0 Å². The number of pyridine rings is 2. The highest BCUT2D eigenvalue weighted by atomic mass is 16.4. The number of benzene rings is 2. The summed E-state index contributed by atoms with van der Waals surface area (Å²) in [6.07, 6.45) is 9.52. The van der Waals surface area contributed by atoms with Crippen LogP contribution >= 0.6 is 0 Å². The first kappa shape index (κ1) is 22.2. The molecule has 0 N–H and O–H groups in total. The molecule has 0 amide bonds. The lowest BCUT2D eigenvalue weighted by Crippen LogP contribution is -2.33. The van der Waals surface area contributed by atoms with Crippen LogP contribution in [0, 0.1) is 13.8 Å². The Hall–Kier alpha value is -4.32. The summed E-state index contributed by atoms with van der Waals surface area (Å²) in [5, 5.41) is 0. The molecule has 2 aromatic carbocycles. The van der Waals surface area contributed by atoms with Gasteiger partial charge in [0.15, 0.2) is 60.8 Å². The van der Waals surface area contributed by atoms with Gasteiger partial charge in [-0.05, 0) is 37.1 Å². The molecule has 6 rings (SSSR count). The Kier molecular flexibility index (Phi) is 5.77. The van der Waals surface area contributed by atoms with Crippen LogP contribution in [-0.4, -0.2) is 9.97 Å². The Morgan fingerprint density at radius 2 is 1.00 bits per heavy atom. The fraction of sp³-hybridized carbons (Fsp3) is 0.200. The van der Waals surface area contributed by atoms with Crippen LogP contribution in [0.2, 0.25) is 0 Å². The van der Waals surface area contributed by atoms with Crippen LogP contribution < -0.4 is 9.13 Å². The molecule has 4 aromatic heterocycles. The van der Waals surface area contributed by atoms with Crippen molar-refractivity contribution in [3.05, 3.63) is 119 Å². The molecule has 178 valence electrons. The third-order valence-electron chi connectivity index (χ3n) is 6.68. The van der Waals surface area contributed by atoms with E-state index < -0.39 is 0 Å². The third kappa shape index (κ3) is 4.38. The molecule has 6 nitrogen and oxygen atoms in total. The van der Waals surface area contributed by atoms with Crippen molar-refractivity contribution in [3.8, 4) is 0 Å². The second-order valence-corrected chi connectivity index (χ2v) is 9.23. The standard InChI is InChI=1S/C30H28N4O2/c1-21-9-11-25-29(23(21)19-33-15-5-3-6-16-33)31-27(35-25)13-14-28-32-30-24(20-34-17-7-4-8-18-34)22(2)10-12-26(30)36-28/h3-12,15-18H,13-14,19-20H2,1-2H3/q+2. The van der Waals surface area contributed by atoms with Gasteiger partial charge in [0.25, 0.3) is 0 Å². The van der Waals surface area contributed by atoms with E-state index in [9.17, 15) is 0 Å². The molecule has 0 spiro atoms. The molecule has 0 saturated heterocycles. The van der Waals surface area contributed by atoms with E-state index in [-0.39, 0.29) is 0 Å². The first-order chi connectivity index (χ1) is 17.6. The number of hydrogen-bond donors (Lipinski definition) is 0. The predicted molar refractivity (Wildman–Crippen MR) is 136 cm³/mol. The number of fused-ring (bicyclic) bond motifs is 2. The molecule has 0 atom stereocenters. The van der Waals surface area contributed by atoms with Crippen LogP contribution in [0.25, 0.3) is 22.2 Å². The van der Waals surface area contributed by atoms with Crippen LogP contribution in [0.15, 0.2) is 94.3 Å². The highest BCUT2D eigenvalue weighted by molar-refractivity contribution is 5.78. The molecule has 0 saturated carbocycles. The van der Waals surface area contributed by atoms with Gasteiger partial charge in [0.2, 0.25) is 0 Å². The maximum atomic E-state index is 6.13. The molecule has 0 bridgehead atoms. The van der Waals surface area contributed by atoms with E-state index in [1.165, 1.54) is 22.3 Å². The Balaban J connectivity index is 1.25. The molecule has 6 aromatic rings. The normalized spacial score (nSPS) is 11.5. The maximum absolute atomic E-state index is 6.13. The first-order valence-electron chi connectivity index (χ1n) is 12.3. The lowest BCUT2D eigenvalue weighted by Gasteiger charge is -2.02. The van der Waals surface area contributed by atoms with Gasteiger partial charge in [-0.3, -0.25) is 0 Å². The highest BCUT2D eigenvalue weighted by Gasteiger charge is 2.18. The van der Waals surface area contributed by atoms with Crippen molar-refractivity contribution in [2.24, 2.45) is 0 Å². The molecule has 0 aliphatic heterocycles. The number of oxazole rings is 2. The molecular weight excluding hydrogens is 448 g/mol. The largest absolute Gasteiger partial charge is 0.441 e. The summed E-state index contributed by atoms with van der Waals surface area (Å²) in [7, 11) is 0. The number of hydrogen-bond acceptors (Lipinski definition) is 4. The third-order valence-corrected chi connectivity index (χ3v) is 6.68. The van der Waals surface area contributed by atoms with Crippen LogP contribution in [0.4, 0.5) is 0 Å². The minimum absolute atomic E-state index is 0.625. The SMILES string of the molecule is Cc1ccc2oc(CCc3nc4c(C[n+]5ccccc5)c(C)ccc4o3)nc2c1C[n+]1ccccc1. The summed E-state index contributed by atoms with van der Waals surface area (Å²) in [6.45, 7) is 5.75. The average Bonchev–Trinajstić information content (AvgIpc) is 3.52. The smallest absolute Gasteiger partial charge is 0.196 e. The number of rotatable bonds is 7. The van der Waals surface area contributed by atoms with Gasteiger partial charge in [-0.25, -0.2) is 19.1 Å². The van der Waals surface area contributed by atoms with E-state index in [1.54, 1.807) is 0 Å². The van der Waals surface area contributed by atoms with E-state index in [2.05, 4.69) is 59.9 Å². The van der Waals surface area contributed by atoms with Gasteiger partial charge < -0.3 is 8.83 Å². The lowest BCUT2D eigenvalue weighted by molar-refractivity contribution is -0.688. The summed E-state index contributed by atoms with van der Waals surface area (Å²) >= 11 is 0. The van der Waals surface area contributed by atoms with Gasteiger partial charge in [0.05, 0.1) is 0 Å². The predicted octanol–water partition coefficient (Wildman–Crippen LogP) is 5.04. The number of aryl methyl sites for hydroxylation is 4. The average molecular weight is 477 g/mol. The summed E-state index contributed by atoms with van der Waals surface area (Å²) in [5.74, 6) is 1.40. The minimum Gasteiger partial charge on any atom is -0.441 e. The van der Waals surface area contributed by atoms with Crippen molar-refractivity contribution in [1.29, 1.82) is 0 Å². The van der Waals surface area contributed by atoms with E-state index in [4.69, 9.17) is 18.8 Å². The van der Waals surface area contributed by atoms with Crippen molar-refractivity contribution < 1.29 is 18.0 Å². The van der Waals surface area contributed by atoms with E-state index in [1.807, 2.05) is 48.5 Å². The summed E-state index contributed by atoms with van der Waals surface area (Å²) in [6, 6.07) is 20.4. The Morgan fingerprint density at radius 3 is 1.42 bits per heavy atom. The zero-order valence-electron chi connectivity index (χ0n) is 20.5. The van der Waals surface area contributed by atoms with E-state index >= 15 is 0 Å². The van der Waals surface area contributed by atoms with Crippen molar-refractivity contribution in [2.45, 2.75) is 39.8 Å². The van der Waals surface area contributed by atoms with Gasteiger partial charge in [-0.1, -0.05) is 24.3 Å². The van der Waals surface area contributed by atoms with Crippen LogP contribution in [0.3, 0.4) is 0 Å². The molecule has 0 unspecified atom stereocenters. The Labute approximate surface area is 209 Å². The van der Waals surface area contributed by atoms with Crippen molar-refractivity contribution >= 4 is 22.2 Å². The molecule has 6 heteroatoms. The monoisotopic (exact) mass is 476 g/mol. The van der Waals surface area contributed by atoms with E-state index in [0.29, 0.717) is 24.6 Å². The topological polar surface area (TPSA) is 59.8 Å². The highest BCUT2D eigenvalue weighted by Crippen LogP contribution is 2.26. The zero-order valence-corrected chi connectivity index (χ0v) is 20.5. The van der Waals surface area contributed by atoms with Gasteiger partial charge in [-0.15, -0.1) is 0 Å². The van der Waals surface area contributed by atoms with E-state index in [0.717, 1.165) is 35.3 Å². The van der Waals surface area contributed by atoms with Crippen LogP contribution in [-0.2, 0) is 25.9 Å². The van der Waals surface area contributed by atoms with Crippen LogP contribution in [0.1, 0.15) is 34.0 Å². The zero-order chi connectivity index (χ0) is 24.5. The lowest BCUT2D eigenvalue weighted by atomic mass is 10.1. The van der Waals surface area contributed by atoms with Gasteiger partial charge in [0.1, 0.15) is 11.0 Å². The molecule has 0 fully saturated rings. The Bertz CT molecular complexity index is 1530. The quantitative estimate of drug-likeness (QED) is 0.303. The summed E-state index contributed by atoms with van der Waals surface area (Å²) in [5.41, 5.74) is 8.26. The molecule has 0 aliphatic carbocycles. The second kappa shape index (κ2) is 9.38. The molecule has 4 heterocycles. The van der Waals surface area contributed by atoms with Gasteiger partial charge in [-0.2, -0.15) is 0 Å². The summed E-state index contributed by atoms with van der Waals surface area (Å²) in [4.78, 5) is 9.75. The van der Waals surface area contributed by atoms with Gasteiger partial charge >= 0.3 is 0 Å². The fourth-order valence-corrected chi connectivity index (χ4v) is 4.66. The molecule has 0 aliphatic rings. The van der Waals surface area contributed by atoms with Crippen molar-refractivity contribution in [1.82, 2.24) is 9.97 Å². The number of nitrogens with zero attached hydrogens (tertiary/aromatic N) is 4.